The number of ether oxygens (including phenoxy) is 1. The fourth-order valence-electron chi connectivity index (χ4n) is 3.35. The van der Waals surface area contributed by atoms with Crippen LogP contribution in [-0.2, 0) is 11.2 Å². The first-order valence-electron chi connectivity index (χ1n) is 9.29. The van der Waals surface area contributed by atoms with Crippen LogP contribution in [0.15, 0.2) is 48.7 Å². The van der Waals surface area contributed by atoms with Gasteiger partial charge in [-0.2, -0.15) is 0 Å². The van der Waals surface area contributed by atoms with E-state index in [1.807, 2.05) is 6.07 Å². The molecule has 0 bridgehead atoms. The van der Waals surface area contributed by atoms with Crippen molar-refractivity contribution < 1.29 is 14.6 Å². The molecule has 0 unspecified atom stereocenters. The van der Waals surface area contributed by atoms with Crippen LogP contribution < -0.4 is 5.32 Å². The minimum Gasteiger partial charge on any atom is -0.493 e. The van der Waals surface area contributed by atoms with Crippen LogP contribution in [0.5, 0.6) is 5.88 Å². The van der Waals surface area contributed by atoms with Gasteiger partial charge in [0.15, 0.2) is 0 Å². The minimum absolute atomic E-state index is 0.0767. The zero-order chi connectivity index (χ0) is 18.2. The highest BCUT2D eigenvalue weighted by molar-refractivity contribution is 5.93. The SMILES string of the molecule is O=C(NC[C@H]1CC[C@@H](OCCc2ccccc2)CC1)c1ccc(O)nc1. The predicted molar refractivity (Wildman–Crippen MR) is 100 cm³/mol. The number of rotatable bonds is 7. The molecular weight excluding hydrogens is 328 g/mol. The van der Waals surface area contributed by atoms with E-state index in [1.54, 1.807) is 6.07 Å². The lowest BCUT2D eigenvalue weighted by Crippen LogP contribution is -2.32. The first-order valence-corrected chi connectivity index (χ1v) is 9.29. The maximum absolute atomic E-state index is 12.1. The number of hydrogen-bond acceptors (Lipinski definition) is 4. The van der Waals surface area contributed by atoms with Crippen LogP contribution in [0.2, 0.25) is 0 Å². The summed E-state index contributed by atoms with van der Waals surface area (Å²) in [5, 5.41) is 12.1. The van der Waals surface area contributed by atoms with Gasteiger partial charge in [-0.3, -0.25) is 4.79 Å². The molecule has 1 aliphatic rings. The lowest BCUT2D eigenvalue weighted by molar-refractivity contribution is 0.0199. The Labute approximate surface area is 154 Å². The van der Waals surface area contributed by atoms with E-state index in [-0.39, 0.29) is 11.8 Å². The van der Waals surface area contributed by atoms with Crippen molar-refractivity contribution in [3.8, 4) is 5.88 Å². The number of hydrogen-bond donors (Lipinski definition) is 2. The van der Waals surface area contributed by atoms with Crippen molar-refractivity contribution in [1.82, 2.24) is 10.3 Å². The van der Waals surface area contributed by atoms with E-state index in [1.165, 1.54) is 17.8 Å². The lowest BCUT2D eigenvalue weighted by atomic mass is 9.87. The monoisotopic (exact) mass is 354 g/mol. The Morgan fingerprint density at radius 1 is 1.12 bits per heavy atom. The van der Waals surface area contributed by atoms with Gasteiger partial charge in [0.25, 0.3) is 5.91 Å². The number of aromatic nitrogens is 1. The highest BCUT2D eigenvalue weighted by atomic mass is 16.5. The Morgan fingerprint density at radius 3 is 2.58 bits per heavy atom. The van der Waals surface area contributed by atoms with E-state index in [0.29, 0.717) is 24.1 Å². The van der Waals surface area contributed by atoms with Gasteiger partial charge in [0, 0.05) is 18.8 Å². The molecule has 1 heterocycles. The van der Waals surface area contributed by atoms with Crippen molar-refractivity contribution in [2.45, 2.75) is 38.2 Å². The van der Waals surface area contributed by atoms with E-state index in [4.69, 9.17) is 9.84 Å². The van der Waals surface area contributed by atoms with Gasteiger partial charge in [0.1, 0.15) is 0 Å². The molecule has 0 spiro atoms. The van der Waals surface area contributed by atoms with Crippen molar-refractivity contribution >= 4 is 5.91 Å². The van der Waals surface area contributed by atoms with Crippen molar-refractivity contribution in [3.63, 3.8) is 0 Å². The number of nitrogens with zero attached hydrogens (tertiary/aromatic N) is 1. The number of nitrogens with one attached hydrogen (secondary N) is 1. The third-order valence-corrected chi connectivity index (χ3v) is 4.94. The second kappa shape index (κ2) is 9.34. The molecule has 1 aromatic heterocycles. The van der Waals surface area contributed by atoms with E-state index < -0.39 is 0 Å². The molecule has 1 fully saturated rings. The molecule has 2 N–H and O–H groups in total. The molecular formula is C21H26N2O3. The molecule has 2 aromatic rings. The zero-order valence-electron chi connectivity index (χ0n) is 14.9. The molecule has 5 nitrogen and oxygen atoms in total. The quantitative estimate of drug-likeness (QED) is 0.800. The van der Waals surface area contributed by atoms with Crippen LogP contribution in [0.4, 0.5) is 0 Å². The lowest BCUT2D eigenvalue weighted by Gasteiger charge is -2.28. The standard InChI is InChI=1S/C21H26N2O3/c24-20-11-8-18(15-22-20)21(25)23-14-17-6-9-19(10-7-17)26-13-12-16-4-2-1-3-5-16/h1-5,8,11,15,17,19H,6-7,9-10,12-14H2,(H,22,24)(H,23,25)/t17-,19+. The van der Waals surface area contributed by atoms with Crippen LogP contribution in [0.3, 0.4) is 0 Å². The summed E-state index contributed by atoms with van der Waals surface area (Å²) in [6, 6.07) is 13.4. The molecule has 5 heteroatoms. The van der Waals surface area contributed by atoms with Crippen LogP contribution in [0, 0.1) is 5.92 Å². The number of carbonyl (C=O) groups is 1. The topological polar surface area (TPSA) is 71.5 Å². The largest absolute Gasteiger partial charge is 0.493 e. The number of carbonyl (C=O) groups excluding carboxylic acids is 1. The molecule has 138 valence electrons. The Bertz CT molecular complexity index is 680. The van der Waals surface area contributed by atoms with Gasteiger partial charge >= 0.3 is 0 Å². The van der Waals surface area contributed by atoms with Crippen molar-refractivity contribution in [2.24, 2.45) is 5.92 Å². The Morgan fingerprint density at radius 2 is 1.88 bits per heavy atom. The Balaban J connectivity index is 1.32. The van der Waals surface area contributed by atoms with E-state index in [9.17, 15) is 4.79 Å². The maximum atomic E-state index is 12.1. The molecule has 1 amide bonds. The van der Waals surface area contributed by atoms with Crippen LogP contribution in [-0.4, -0.2) is 35.3 Å². The summed E-state index contributed by atoms with van der Waals surface area (Å²) in [5.74, 6) is 0.281. The highest BCUT2D eigenvalue weighted by Crippen LogP contribution is 2.26. The van der Waals surface area contributed by atoms with E-state index in [2.05, 4.69) is 34.6 Å². The third kappa shape index (κ3) is 5.56. The summed E-state index contributed by atoms with van der Waals surface area (Å²) in [7, 11) is 0. The maximum Gasteiger partial charge on any atom is 0.252 e. The second-order valence-electron chi connectivity index (χ2n) is 6.86. The second-order valence-corrected chi connectivity index (χ2v) is 6.86. The van der Waals surface area contributed by atoms with Gasteiger partial charge in [0.2, 0.25) is 5.88 Å². The zero-order valence-corrected chi connectivity index (χ0v) is 14.9. The summed E-state index contributed by atoms with van der Waals surface area (Å²) >= 11 is 0. The van der Waals surface area contributed by atoms with Crippen molar-refractivity contribution in [2.75, 3.05) is 13.2 Å². The van der Waals surface area contributed by atoms with Gasteiger partial charge in [-0.25, -0.2) is 4.98 Å². The molecule has 0 saturated heterocycles. The van der Waals surface area contributed by atoms with Gasteiger partial charge in [-0.05, 0) is 49.7 Å². The molecule has 26 heavy (non-hydrogen) atoms. The number of benzene rings is 1. The molecule has 1 aromatic carbocycles. The smallest absolute Gasteiger partial charge is 0.252 e. The Kier molecular flexibility index (Phi) is 6.61. The van der Waals surface area contributed by atoms with Gasteiger partial charge in [0.05, 0.1) is 18.3 Å². The van der Waals surface area contributed by atoms with Crippen molar-refractivity contribution in [1.29, 1.82) is 0 Å². The number of aromatic hydroxyl groups is 1. The fourth-order valence-corrected chi connectivity index (χ4v) is 3.35. The molecule has 0 aliphatic heterocycles. The van der Waals surface area contributed by atoms with Crippen LogP contribution in [0.1, 0.15) is 41.6 Å². The average molecular weight is 354 g/mol. The van der Waals surface area contributed by atoms with Crippen LogP contribution in [0.25, 0.3) is 0 Å². The third-order valence-electron chi connectivity index (χ3n) is 4.94. The molecule has 0 radical (unpaired) electrons. The van der Waals surface area contributed by atoms with Crippen molar-refractivity contribution in [3.05, 3.63) is 59.8 Å². The van der Waals surface area contributed by atoms with Gasteiger partial charge in [-0.1, -0.05) is 30.3 Å². The summed E-state index contributed by atoms with van der Waals surface area (Å²) < 4.78 is 6.02. The van der Waals surface area contributed by atoms with E-state index in [0.717, 1.165) is 38.7 Å². The molecule has 0 atom stereocenters. The highest BCUT2D eigenvalue weighted by Gasteiger charge is 2.22. The summed E-state index contributed by atoms with van der Waals surface area (Å²) in [4.78, 5) is 15.8. The predicted octanol–water partition coefficient (Wildman–Crippen LogP) is 3.34. The fraction of sp³-hybridized carbons (Fsp3) is 0.429. The number of amides is 1. The van der Waals surface area contributed by atoms with Crippen LogP contribution >= 0.6 is 0 Å². The first kappa shape index (κ1) is 18.4. The van der Waals surface area contributed by atoms with Gasteiger partial charge < -0.3 is 15.2 Å². The number of pyridine rings is 1. The summed E-state index contributed by atoms with van der Waals surface area (Å²) in [6.45, 7) is 1.44. The first-order chi connectivity index (χ1) is 12.7. The molecule has 3 rings (SSSR count). The van der Waals surface area contributed by atoms with E-state index >= 15 is 0 Å². The molecule has 1 aliphatic carbocycles. The summed E-state index contributed by atoms with van der Waals surface area (Å²) in [5.41, 5.74) is 1.79. The molecule has 1 saturated carbocycles. The summed E-state index contributed by atoms with van der Waals surface area (Å²) in [6.07, 6.45) is 6.94. The minimum atomic E-state index is -0.140. The Hall–Kier alpha value is -2.40. The normalized spacial score (nSPS) is 19.8. The van der Waals surface area contributed by atoms with Gasteiger partial charge in [-0.15, -0.1) is 0 Å². The average Bonchev–Trinajstić information content (AvgIpc) is 2.68.